The van der Waals surface area contributed by atoms with Crippen molar-refractivity contribution in [3.63, 3.8) is 0 Å². The fourth-order valence-electron chi connectivity index (χ4n) is 5.22. The highest BCUT2D eigenvalue weighted by Crippen LogP contribution is 2.43. The minimum atomic E-state index is -0.495. The highest BCUT2D eigenvalue weighted by Gasteiger charge is 2.49. The molecule has 0 spiro atoms. The van der Waals surface area contributed by atoms with E-state index in [2.05, 4.69) is 12.2 Å². The van der Waals surface area contributed by atoms with Gasteiger partial charge in [-0.2, -0.15) is 0 Å². The Morgan fingerprint density at radius 2 is 1.00 bits per heavy atom. The largest absolute Gasteiger partial charge is 0.454 e. The molecule has 4 aromatic carbocycles. The molecular formula is C29H22O4. The molecule has 1 saturated carbocycles. The summed E-state index contributed by atoms with van der Waals surface area (Å²) in [4.78, 5) is 26.4. The lowest BCUT2D eigenvalue weighted by molar-refractivity contribution is -0.0391. The second-order valence-electron chi connectivity index (χ2n) is 8.74. The maximum absolute atomic E-state index is 13.2. The maximum Gasteiger partial charge on any atom is 0.339 e. The van der Waals surface area contributed by atoms with Gasteiger partial charge < -0.3 is 9.47 Å². The first-order valence-electron chi connectivity index (χ1n) is 11.2. The maximum atomic E-state index is 13.2. The summed E-state index contributed by atoms with van der Waals surface area (Å²) in [6.07, 6.45) is 3.99. The summed E-state index contributed by atoms with van der Waals surface area (Å²) in [5, 5.41) is 3.68. The van der Waals surface area contributed by atoms with Gasteiger partial charge in [-0.05, 0) is 40.1 Å². The summed E-state index contributed by atoms with van der Waals surface area (Å²) in [7, 11) is 0. The Labute approximate surface area is 191 Å². The third kappa shape index (κ3) is 3.39. The molecule has 0 amide bonds. The number of ether oxygens (including phenoxy) is 2. The monoisotopic (exact) mass is 434 g/mol. The van der Waals surface area contributed by atoms with Gasteiger partial charge >= 0.3 is 11.9 Å². The number of hydrogen-bond acceptors (Lipinski definition) is 4. The van der Waals surface area contributed by atoms with E-state index < -0.39 is 12.2 Å². The van der Waals surface area contributed by atoms with Gasteiger partial charge in [-0.1, -0.05) is 84.9 Å². The van der Waals surface area contributed by atoms with Gasteiger partial charge in [-0.15, -0.1) is 0 Å². The number of esters is 2. The zero-order valence-electron chi connectivity index (χ0n) is 17.9. The Morgan fingerprint density at radius 1 is 0.576 bits per heavy atom. The predicted octanol–water partition coefficient (Wildman–Crippen LogP) is 5.95. The van der Waals surface area contributed by atoms with Crippen molar-refractivity contribution in [2.45, 2.75) is 18.6 Å². The van der Waals surface area contributed by atoms with Gasteiger partial charge in [-0.3, -0.25) is 0 Å². The molecule has 4 atom stereocenters. The number of carbonyl (C=O) groups is 2. The highest BCUT2D eigenvalue weighted by atomic mass is 16.6. The van der Waals surface area contributed by atoms with Crippen LogP contribution in [0.4, 0.5) is 0 Å². The van der Waals surface area contributed by atoms with Crippen LogP contribution in [0.5, 0.6) is 0 Å². The number of fused-ring (bicyclic) bond motifs is 4. The zero-order chi connectivity index (χ0) is 22.4. The third-order valence-electron chi connectivity index (χ3n) is 6.82. The molecule has 4 aromatic rings. The summed E-state index contributed by atoms with van der Waals surface area (Å²) in [6, 6.07) is 26.7. The van der Waals surface area contributed by atoms with Gasteiger partial charge in [-0.25, -0.2) is 9.59 Å². The van der Waals surface area contributed by atoms with Gasteiger partial charge in [0, 0.05) is 11.8 Å². The van der Waals surface area contributed by atoms with E-state index in [1.165, 1.54) is 0 Å². The SMILES string of the molecule is O=C(OC1C2C=CC(C2)C1OC(=O)c1cccc2ccccc12)c1cccc2ccccc12. The molecule has 33 heavy (non-hydrogen) atoms. The van der Waals surface area contributed by atoms with Crippen molar-refractivity contribution < 1.29 is 19.1 Å². The molecular weight excluding hydrogens is 412 g/mol. The molecule has 0 saturated heterocycles. The fourth-order valence-corrected chi connectivity index (χ4v) is 5.22. The van der Waals surface area contributed by atoms with Gasteiger partial charge in [0.05, 0.1) is 11.1 Å². The first kappa shape index (κ1) is 19.7. The van der Waals surface area contributed by atoms with Crippen molar-refractivity contribution in [3.05, 3.63) is 108 Å². The van der Waals surface area contributed by atoms with E-state index in [0.717, 1.165) is 28.0 Å². The van der Waals surface area contributed by atoms with Crippen LogP contribution >= 0.6 is 0 Å². The third-order valence-corrected chi connectivity index (χ3v) is 6.82. The summed E-state index contributed by atoms with van der Waals surface area (Å²) in [5.41, 5.74) is 1.05. The van der Waals surface area contributed by atoms with Crippen molar-refractivity contribution in [1.82, 2.24) is 0 Å². The van der Waals surface area contributed by atoms with E-state index in [1.54, 1.807) is 12.1 Å². The molecule has 0 radical (unpaired) electrons. The Hall–Kier alpha value is -3.92. The molecule has 0 heterocycles. The molecule has 4 nitrogen and oxygen atoms in total. The van der Waals surface area contributed by atoms with E-state index in [-0.39, 0.29) is 23.8 Å². The minimum Gasteiger partial charge on any atom is -0.454 e. The van der Waals surface area contributed by atoms with Crippen LogP contribution < -0.4 is 0 Å². The Bertz CT molecular complexity index is 1300. The first-order chi connectivity index (χ1) is 16.2. The van der Waals surface area contributed by atoms with Gasteiger partial charge in [0.2, 0.25) is 0 Å². The van der Waals surface area contributed by atoms with Crippen LogP contribution in [0.15, 0.2) is 97.1 Å². The van der Waals surface area contributed by atoms with E-state index >= 15 is 0 Å². The highest BCUT2D eigenvalue weighted by molar-refractivity contribution is 6.05. The Morgan fingerprint density at radius 3 is 1.48 bits per heavy atom. The predicted molar refractivity (Wildman–Crippen MR) is 127 cm³/mol. The molecule has 0 aromatic heterocycles. The summed E-state index contributed by atoms with van der Waals surface area (Å²) >= 11 is 0. The Kier molecular flexibility index (Phi) is 4.72. The van der Waals surface area contributed by atoms with Crippen LogP contribution in [0, 0.1) is 11.8 Å². The van der Waals surface area contributed by atoms with Crippen molar-refractivity contribution >= 4 is 33.5 Å². The Balaban J connectivity index is 1.27. The molecule has 0 aliphatic heterocycles. The van der Waals surface area contributed by atoms with Crippen molar-refractivity contribution in [3.8, 4) is 0 Å². The van der Waals surface area contributed by atoms with E-state index in [0.29, 0.717) is 11.1 Å². The fraction of sp³-hybridized carbons (Fsp3) is 0.172. The molecule has 2 aliphatic rings. The second-order valence-corrected chi connectivity index (χ2v) is 8.74. The van der Waals surface area contributed by atoms with Crippen LogP contribution in [0.1, 0.15) is 27.1 Å². The van der Waals surface area contributed by atoms with Crippen LogP contribution in [0.2, 0.25) is 0 Å². The van der Waals surface area contributed by atoms with Crippen LogP contribution in [-0.2, 0) is 9.47 Å². The van der Waals surface area contributed by atoms with E-state index in [1.807, 2.05) is 72.8 Å². The van der Waals surface area contributed by atoms with Crippen LogP contribution in [0.25, 0.3) is 21.5 Å². The molecule has 2 bridgehead atoms. The van der Waals surface area contributed by atoms with Crippen LogP contribution in [-0.4, -0.2) is 24.1 Å². The quantitative estimate of drug-likeness (QED) is 0.294. The lowest BCUT2D eigenvalue weighted by atomic mass is 10.00. The lowest BCUT2D eigenvalue weighted by Gasteiger charge is -2.28. The molecule has 2 aliphatic carbocycles. The minimum absolute atomic E-state index is 0.0549. The number of hydrogen-bond donors (Lipinski definition) is 0. The number of benzene rings is 4. The molecule has 4 unspecified atom stereocenters. The zero-order valence-corrected chi connectivity index (χ0v) is 17.9. The normalized spacial score (nSPS) is 23.2. The van der Waals surface area contributed by atoms with Gasteiger partial charge in [0.15, 0.2) is 0 Å². The van der Waals surface area contributed by atoms with Crippen molar-refractivity contribution in [1.29, 1.82) is 0 Å². The van der Waals surface area contributed by atoms with Crippen molar-refractivity contribution in [2.75, 3.05) is 0 Å². The second kappa shape index (κ2) is 7.89. The number of rotatable bonds is 4. The van der Waals surface area contributed by atoms with Gasteiger partial charge in [0.1, 0.15) is 12.2 Å². The van der Waals surface area contributed by atoms with Gasteiger partial charge in [0.25, 0.3) is 0 Å². The van der Waals surface area contributed by atoms with E-state index in [9.17, 15) is 9.59 Å². The summed E-state index contributed by atoms with van der Waals surface area (Å²) in [5.74, 6) is -0.661. The molecule has 1 fully saturated rings. The molecule has 162 valence electrons. The molecule has 0 N–H and O–H groups in total. The average molecular weight is 434 g/mol. The smallest absolute Gasteiger partial charge is 0.339 e. The van der Waals surface area contributed by atoms with Crippen LogP contribution in [0.3, 0.4) is 0 Å². The van der Waals surface area contributed by atoms with E-state index in [4.69, 9.17) is 9.47 Å². The summed E-state index contributed by atoms with van der Waals surface area (Å²) < 4.78 is 12.0. The standard InChI is InChI=1S/C29H22O4/c30-28(24-13-5-9-18-7-1-3-11-22(18)24)32-26-20-15-16-21(17-20)27(26)33-29(31)25-14-6-10-19-8-2-4-12-23(19)25/h1-16,20-21,26-27H,17H2. The number of carbonyl (C=O) groups excluding carboxylic acids is 2. The average Bonchev–Trinajstić information content (AvgIpc) is 3.46. The lowest BCUT2D eigenvalue weighted by Crippen LogP contribution is -2.38. The molecule has 4 heteroatoms. The summed E-state index contributed by atoms with van der Waals surface area (Å²) in [6.45, 7) is 0. The molecule has 6 rings (SSSR count). The first-order valence-corrected chi connectivity index (χ1v) is 11.2. The van der Waals surface area contributed by atoms with Crippen molar-refractivity contribution in [2.24, 2.45) is 11.8 Å². The topological polar surface area (TPSA) is 52.6 Å².